The molecule has 0 aromatic heterocycles. The van der Waals surface area contributed by atoms with Gasteiger partial charge in [0.25, 0.3) is 0 Å². The number of halogens is 1. The van der Waals surface area contributed by atoms with Crippen LogP contribution in [-0.4, -0.2) is 103 Å². The molecule has 0 bridgehead atoms. The molecular weight excluding hydrogens is 472 g/mol. The number of hydrogen-bond acceptors (Lipinski definition) is 5. The number of ether oxygens (including phenoxy) is 1. The van der Waals surface area contributed by atoms with Gasteiger partial charge in [-0.2, -0.15) is 0 Å². The van der Waals surface area contributed by atoms with E-state index in [1.54, 1.807) is 19.3 Å². The van der Waals surface area contributed by atoms with Crippen molar-refractivity contribution in [1.82, 2.24) is 19.6 Å². The summed E-state index contributed by atoms with van der Waals surface area (Å²) in [4.78, 5) is 34.0. The Bertz CT molecular complexity index is 842. The van der Waals surface area contributed by atoms with Crippen LogP contribution in [0.2, 0.25) is 0 Å². The highest BCUT2D eigenvalue weighted by Crippen LogP contribution is 2.26. The number of carbonyl (C=O) groups is 2. The van der Waals surface area contributed by atoms with Crippen molar-refractivity contribution in [3.63, 3.8) is 0 Å². The first kappa shape index (κ1) is 23.3. The number of benzene rings is 1. The number of nitrogens with zero attached hydrogens (tertiary/aromatic N) is 4. The van der Waals surface area contributed by atoms with Crippen molar-refractivity contribution in [3.8, 4) is 5.75 Å². The van der Waals surface area contributed by atoms with Gasteiger partial charge in [-0.1, -0.05) is 22.4 Å². The van der Waals surface area contributed by atoms with Crippen LogP contribution in [0.15, 0.2) is 28.7 Å². The van der Waals surface area contributed by atoms with E-state index in [9.17, 15) is 9.59 Å². The quantitative estimate of drug-likeness (QED) is 0.556. The molecule has 2 aliphatic heterocycles. The summed E-state index contributed by atoms with van der Waals surface area (Å²) in [5.41, 5.74) is 0.858. The first-order valence-electron chi connectivity index (χ1n) is 11.6. The summed E-state index contributed by atoms with van der Waals surface area (Å²) >= 11 is 3.46. The fourth-order valence-electron chi connectivity index (χ4n) is 4.61. The van der Waals surface area contributed by atoms with Gasteiger partial charge in [0.2, 0.25) is 11.8 Å². The predicted molar refractivity (Wildman–Crippen MR) is 129 cm³/mol. The Labute approximate surface area is 199 Å². The molecule has 8 heteroatoms. The molecule has 0 unspecified atom stereocenters. The minimum absolute atomic E-state index is 0.00915. The smallest absolute Gasteiger partial charge is 0.246 e. The third-order valence-corrected chi connectivity index (χ3v) is 7.39. The van der Waals surface area contributed by atoms with Crippen molar-refractivity contribution in [3.05, 3.63) is 34.3 Å². The number of piperazine rings is 2. The number of rotatable bonds is 6. The Kier molecular flexibility index (Phi) is 7.86. The lowest BCUT2D eigenvalue weighted by molar-refractivity contribution is -0.135. The van der Waals surface area contributed by atoms with Gasteiger partial charge < -0.3 is 14.5 Å². The Hall–Kier alpha value is -1.90. The lowest BCUT2D eigenvalue weighted by Crippen LogP contribution is -2.56. The Morgan fingerprint density at radius 1 is 1.03 bits per heavy atom. The average Bonchev–Trinajstić information content (AvgIpc) is 2.77. The van der Waals surface area contributed by atoms with Gasteiger partial charge >= 0.3 is 0 Å². The minimum Gasteiger partial charge on any atom is -0.496 e. The number of carbonyl (C=O) groups excluding carboxylic acids is 2. The topological polar surface area (TPSA) is 56.3 Å². The normalized spacial score (nSPS) is 21.1. The predicted octanol–water partition coefficient (Wildman–Crippen LogP) is 2.31. The molecule has 174 valence electrons. The molecule has 0 N–H and O–H groups in total. The number of amides is 2. The van der Waals surface area contributed by atoms with Crippen LogP contribution in [0.1, 0.15) is 24.8 Å². The standard InChI is InChI=1S/C24H33BrN4O3/c1-32-22-7-6-20(25)17-19(22)5-8-23(30)28-11-9-26(10-12-28)18-24(31)29-15-13-27(14-16-29)21-3-2-4-21/h5-8,17,21H,2-4,9-16,18H2,1H3. The zero-order valence-electron chi connectivity index (χ0n) is 18.8. The molecule has 3 aliphatic rings. The third-order valence-electron chi connectivity index (χ3n) is 6.90. The van der Waals surface area contributed by atoms with E-state index >= 15 is 0 Å². The van der Waals surface area contributed by atoms with Crippen LogP contribution in [0, 0.1) is 0 Å². The molecule has 2 saturated heterocycles. The van der Waals surface area contributed by atoms with E-state index in [0.29, 0.717) is 19.6 Å². The van der Waals surface area contributed by atoms with E-state index in [2.05, 4.69) is 25.7 Å². The molecule has 1 aromatic rings. The summed E-state index contributed by atoms with van der Waals surface area (Å²) in [6.07, 6.45) is 7.40. The largest absolute Gasteiger partial charge is 0.496 e. The van der Waals surface area contributed by atoms with Crippen LogP contribution in [0.5, 0.6) is 5.75 Å². The van der Waals surface area contributed by atoms with Gasteiger partial charge in [-0.3, -0.25) is 19.4 Å². The molecule has 7 nitrogen and oxygen atoms in total. The zero-order chi connectivity index (χ0) is 22.5. The van der Waals surface area contributed by atoms with Crippen molar-refractivity contribution in [1.29, 1.82) is 0 Å². The van der Waals surface area contributed by atoms with Gasteiger partial charge in [0.15, 0.2) is 0 Å². The van der Waals surface area contributed by atoms with Gasteiger partial charge in [-0.25, -0.2) is 0 Å². The van der Waals surface area contributed by atoms with Crippen LogP contribution >= 0.6 is 15.9 Å². The highest BCUT2D eigenvalue weighted by molar-refractivity contribution is 9.10. The van der Waals surface area contributed by atoms with Crippen LogP contribution in [-0.2, 0) is 9.59 Å². The highest BCUT2D eigenvalue weighted by Gasteiger charge is 2.30. The van der Waals surface area contributed by atoms with Crippen LogP contribution in [0.3, 0.4) is 0 Å². The maximum absolute atomic E-state index is 12.7. The van der Waals surface area contributed by atoms with Crippen molar-refractivity contribution in [2.45, 2.75) is 25.3 Å². The second kappa shape index (κ2) is 10.8. The van der Waals surface area contributed by atoms with Crippen molar-refractivity contribution >= 4 is 33.8 Å². The fourth-order valence-corrected chi connectivity index (χ4v) is 4.99. The fraction of sp³-hybridized carbons (Fsp3) is 0.583. The van der Waals surface area contributed by atoms with Crippen molar-refractivity contribution < 1.29 is 14.3 Å². The van der Waals surface area contributed by atoms with E-state index in [0.717, 1.165) is 61.1 Å². The molecule has 1 saturated carbocycles. The van der Waals surface area contributed by atoms with Gasteiger partial charge in [0.05, 0.1) is 13.7 Å². The second-order valence-corrected chi connectivity index (χ2v) is 9.74. The summed E-state index contributed by atoms with van der Waals surface area (Å²) in [5, 5.41) is 0. The molecule has 4 rings (SSSR count). The SMILES string of the molecule is COc1ccc(Br)cc1C=CC(=O)N1CCN(CC(=O)N2CCN(C3CCC3)CC2)CC1. The van der Waals surface area contributed by atoms with Gasteiger partial charge in [0, 0.05) is 74.5 Å². The van der Waals surface area contributed by atoms with Crippen molar-refractivity contribution in [2.75, 3.05) is 66.0 Å². The van der Waals surface area contributed by atoms with E-state index in [4.69, 9.17) is 4.74 Å². The molecule has 2 heterocycles. The van der Waals surface area contributed by atoms with E-state index < -0.39 is 0 Å². The Morgan fingerprint density at radius 3 is 2.34 bits per heavy atom. The van der Waals surface area contributed by atoms with Crippen molar-refractivity contribution in [2.24, 2.45) is 0 Å². The lowest BCUT2D eigenvalue weighted by Gasteiger charge is -2.43. The van der Waals surface area contributed by atoms with Crippen LogP contribution in [0.4, 0.5) is 0 Å². The molecule has 0 radical (unpaired) electrons. The van der Waals surface area contributed by atoms with Gasteiger partial charge in [0.1, 0.15) is 5.75 Å². The molecule has 3 fully saturated rings. The monoisotopic (exact) mass is 504 g/mol. The average molecular weight is 505 g/mol. The minimum atomic E-state index is -0.00915. The van der Waals surface area contributed by atoms with E-state index in [1.165, 1.54) is 19.3 Å². The second-order valence-electron chi connectivity index (χ2n) is 8.82. The maximum atomic E-state index is 12.7. The zero-order valence-corrected chi connectivity index (χ0v) is 20.4. The number of hydrogen-bond donors (Lipinski definition) is 0. The van der Waals surface area contributed by atoms with Crippen LogP contribution in [0.25, 0.3) is 6.08 Å². The molecule has 1 aromatic carbocycles. The molecule has 2 amide bonds. The number of methoxy groups -OCH3 is 1. The van der Waals surface area contributed by atoms with Gasteiger partial charge in [-0.05, 0) is 37.1 Å². The molecule has 32 heavy (non-hydrogen) atoms. The molecule has 0 spiro atoms. The third kappa shape index (κ3) is 5.71. The van der Waals surface area contributed by atoms with Crippen LogP contribution < -0.4 is 4.74 Å². The first-order chi connectivity index (χ1) is 15.5. The summed E-state index contributed by atoms with van der Waals surface area (Å²) in [5.74, 6) is 0.943. The summed E-state index contributed by atoms with van der Waals surface area (Å²) in [6.45, 7) is 6.90. The molecular formula is C24H33BrN4O3. The Morgan fingerprint density at radius 2 is 1.72 bits per heavy atom. The highest BCUT2D eigenvalue weighted by atomic mass is 79.9. The van der Waals surface area contributed by atoms with E-state index in [-0.39, 0.29) is 11.8 Å². The van der Waals surface area contributed by atoms with Gasteiger partial charge in [-0.15, -0.1) is 0 Å². The maximum Gasteiger partial charge on any atom is 0.246 e. The molecule has 0 atom stereocenters. The summed E-state index contributed by atoms with van der Waals surface area (Å²) < 4.78 is 6.30. The summed E-state index contributed by atoms with van der Waals surface area (Å²) in [6, 6.07) is 6.47. The Balaban J connectivity index is 1.20. The summed E-state index contributed by atoms with van der Waals surface area (Å²) in [7, 11) is 1.62. The van der Waals surface area contributed by atoms with E-state index in [1.807, 2.05) is 28.0 Å². The molecule has 1 aliphatic carbocycles. The lowest BCUT2D eigenvalue weighted by atomic mass is 9.91. The first-order valence-corrected chi connectivity index (χ1v) is 12.4.